The summed E-state index contributed by atoms with van der Waals surface area (Å²) in [6.07, 6.45) is 10.4. The van der Waals surface area contributed by atoms with E-state index in [1.807, 2.05) is 12.4 Å². The van der Waals surface area contributed by atoms with Crippen LogP contribution >= 0.6 is 15.9 Å². The molecule has 0 spiro atoms. The minimum atomic E-state index is 0.591. The quantitative estimate of drug-likeness (QED) is 0.915. The summed E-state index contributed by atoms with van der Waals surface area (Å²) in [5.74, 6) is 1.75. The summed E-state index contributed by atoms with van der Waals surface area (Å²) in [4.78, 5) is 4.25. The van der Waals surface area contributed by atoms with Crippen LogP contribution in [0.4, 0.5) is 0 Å². The number of hydrogen-bond acceptors (Lipinski definition) is 2. The van der Waals surface area contributed by atoms with Gasteiger partial charge in [0.05, 0.1) is 0 Å². The third kappa shape index (κ3) is 3.79. The number of pyridine rings is 1. The molecule has 0 aliphatic heterocycles. The highest BCUT2D eigenvalue weighted by molar-refractivity contribution is 9.10. The molecule has 0 aromatic carbocycles. The normalized spacial score (nSPS) is 25.9. The van der Waals surface area contributed by atoms with Gasteiger partial charge in [-0.2, -0.15) is 0 Å². The van der Waals surface area contributed by atoms with Crippen LogP contribution in [-0.4, -0.2) is 18.1 Å². The molecule has 1 aromatic heterocycles. The Morgan fingerprint density at radius 1 is 1.33 bits per heavy atom. The molecule has 1 N–H and O–H groups in total. The highest BCUT2D eigenvalue weighted by Gasteiger charge is 2.25. The van der Waals surface area contributed by atoms with Crippen LogP contribution < -0.4 is 5.32 Å². The Kier molecular flexibility index (Phi) is 5.19. The maximum Gasteiger partial charge on any atom is 0.0410 e. The average Bonchev–Trinajstić information content (AvgIpc) is 2.37. The Morgan fingerprint density at radius 3 is 2.67 bits per heavy atom. The van der Waals surface area contributed by atoms with Crippen LogP contribution in [0.5, 0.6) is 0 Å². The fourth-order valence-corrected chi connectivity index (χ4v) is 3.43. The van der Waals surface area contributed by atoms with Crippen LogP contribution in [0, 0.1) is 11.8 Å². The largest absolute Gasteiger partial charge is 0.316 e. The number of rotatable bonds is 4. The van der Waals surface area contributed by atoms with Gasteiger partial charge in [0.1, 0.15) is 0 Å². The van der Waals surface area contributed by atoms with Gasteiger partial charge < -0.3 is 5.32 Å². The first-order valence-corrected chi connectivity index (χ1v) is 7.75. The minimum Gasteiger partial charge on any atom is -0.316 e. The molecule has 1 atom stereocenters. The minimum absolute atomic E-state index is 0.591. The highest BCUT2D eigenvalue weighted by atomic mass is 79.9. The van der Waals surface area contributed by atoms with E-state index >= 15 is 0 Å². The summed E-state index contributed by atoms with van der Waals surface area (Å²) in [5.41, 5.74) is 1.32. The summed E-state index contributed by atoms with van der Waals surface area (Å²) in [6, 6.07) is 2.77. The van der Waals surface area contributed by atoms with Gasteiger partial charge in [0.15, 0.2) is 0 Å². The van der Waals surface area contributed by atoms with E-state index in [-0.39, 0.29) is 0 Å². The van der Waals surface area contributed by atoms with E-state index < -0.39 is 0 Å². The Morgan fingerprint density at radius 2 is 2.06 bits per heavy atom. The molecule has 1 aliphatic carbocycles. The van der Waals surface area contributed by atoms with Gasteiger partial charge in [-0.1, -0.05) is 19.8 Å². The van der Waals surface area contributed by atoms with E-state index in [0.717, 1.165) is 22.7 Å². The van der Waals surface area contributed by atoms with Crippen LogP contribution in [0.3, 0.4) is 0 Å². The number of halogens is 1. The van der Waals surface area contributed by atoms with Crippen LogP contribution in [0.2, 0.25) is 0 Å². The van der Waals surface area contributed by atoms with Crippen molar-refractivity contribution in [3.63, 3.8) is 0 Å². The molecular weight excluding hydrogens is 288 g/mol. The highest BCUT2D eigenvalue weighted by Crippen LogP contribution is 2.31. The van der Waals surface area contributed by atoms with Crippen molar-refractivity contribution in [3.8, 4) is 0 Å². The molecule has 0 saturated heterocycles. The van der Waals surface area contributed by atoms with Gasteiger partial charge in [-0.15, -0.1) is 0 Å². The van der Waals surface area contributed by atoms with Crippen molar-refractivity contribution in [2.24, 2.45) is 11.8 Å². The summed E-state index contributed by atoms with van der Waals surface area (Å²) in [6.45, 7) is 2.38. The summed E-state index contributed by atoms with van der Waals surface area (Å²) in [7, 11) is 2.09. The van der Waals surface area contributed by atoms with Crippen molar-refractivity contribution in [1.29, 1.82) is 0 Å². The van der Waals surface area contributed by atoms with Gasteiger partial charge in [0.2, 0.25) is 0 Å². The first kappa shape index (κ1) is 14.0. The molecular formula is C15H23BrN2. The SMILES string of the molecule is CNC(Cc1cncc(Br)c1)C1CCC(C)CC1. The van der Waals surface area contributed by atoms with E-state index in [1.54, 1.807) is 0 Å². The van der Waals surface area contributed by atoms with Crippen LogP contribution in [0.15, 0.2) is 22.9 Å². The van der Waals surface area contributed by atoms with Crippen LogP contribution in [-0.2, 0) is 6.42 Å². The van der Waals surface area contributed by atoms with Gasteiger partial charge in [-0.05, 0) is 65.7 Å². The van der Waals surface area contributed by atoms with E-state index in [9.17, 15) is 0 Å². The van der Waals surface area contributed by atoms with Crippen molar-refractivity contribution >= 4 is 15.9 Å². The van der Waals surface area contributed by atoms with E-state index in [2.05, 4.69) is 46.3 Å². The lowest BCUT2D eigenvalue weighted by Crippen LogP contribution is -2.37. The van der Waals surface area contributed by atoms with Gasteiger partial charge in [0, 0.05) is 22.9 Å². The maximum atomic E-state index is 4.25. The molecule has 3 heteroatoms. The number of likely N-dealkylation sites (N-methyl/N-ethyl adjacent to an activating group) is 1. The molecule has 1 heterocycles. The summed E-state index contributed by atoms with van der Waals surface area (Å²) < 4.78 is 1.08. The van der Waals surface area contributed by atoms with Crippen LogP contribution in [0.1, 0.15) is 38.2 Å². The first-order chi connectivity index (χ1) is 8.69. The van der Waals surface area contributed by atoms with Gasteiger partial charge >= 0.3 is 0 Å². The molecule has 2 nitrogen and oxygen atoms in total. The average molecular weight is 311 g/mol. The predicted molar refractivity (Wildman–Crippen MR) is 79.6 cm³/mol. The molecule has 1 saturated carbocycles. The Labute approximate surface area is 119 Å². The Hall–Kier alpha value is -0.410. The second kappa shape index (κ2) is 6.67. The first-order valence-electron chi connectivity index (χ1n) is 6.95. The molecule has 2 rings (SSSR count). The number of aromatic nitrogens is 1. The smallest absolute Gasteiger partial charge is 0.0410 e. The number of nitrogens with one attached hydrogen (secondary N) is 1. The third-order valence-corrected chi connectivity index (χ3v) is 4.65. The lowest BCUT2D eigenvalue weighted by Gasteiger charge is -2.32. The van der Waals surface area contributed by atoms with Crippen molar-refractivity contribution < 1.29 is 0 Å². The van der Waals surface area contributed by atoms with Gasteiger partial charge in [-0.25, -0.2) is 0 Å². The lowest BCUT2D eigenvalue weighted by molar-refractivity contribution is 0.235. The van der Waals surface area contributed by atoms with Crippen molar-refractivity contribution in [3.05, 3.63) is 28.5 Å². The Balaban J connectivity index is 1.96. The fourth-order valence-electron chi connectivity index (χ4n) is 3.01. The molecule has 1 aliphatic rings. The lowest BCUT2D eigenvalue weighted by atomic mass is 9.78. The molecule has 0 amide bonds. The molecule has 100 valence electrons. The van der Waals surface area contributed by atoms with E-state index in [4.69, 9.17) is 0 Å². The maximum absolute atomic E-state index is 4.25. The van der Waals surface area contributed by atoms with Gasteiger partial charge in [-0.3, -0.25) is 4.98 Å². The molecule has 1 fully saturated rings. The predicted octanol–water partition coefficient (Wildman–Crippen LogP) is 3.80. The zero-order chi connectivity index (χ0) is 13.0. The van der Waals surface area contributed by atoms with E-state index in [0.29, 0.717) is 6.04 Å². The Bertz CT molecular complexity index is 373. The summed E-state index contributed by atoms with van der Waals surface area (Å²) in [5, 5.41) is 3.51. The van der Waals surface area contributed by atoms with Gasteiger partial charge in [0.25, 0.3) is 0 Å². The third-order valence-electron chi connectivity index (χ3n) is 4.22. The summed E-state index contributed by atoms with van der Waals surface area (Å²) >= 11 is 3.49. The second-order valence-electron chi connectivity index (χ2n) is 5.63. The molecule has 0 bridgehead atoms. The zero-order valence-electron chi connectivity index (χ0n) is 11.3. The topological polar surface area (TPSA) is 24.9 Å². The molecule has 1 aromatic rings. The van der Waals surface area contributed by atoms with Crippen molar-refractivity contribution in [2.45, 2.75) is 45.1 Å². The van der Waals surface area contributed by atoms with E-state index in [1.165, 1.54) is 31.2 Å². The van der Waals surface area contributed by atoms with Crippen molar-refractivity contribution in [1.82, 2.24) is 10.3 Å². The second-order valence-corrected chi connectivity index (χ2v) is 6.55. The zero-order valence-corrected chi connectivity index (χ0v) is 12.9. The molecule has 18 heavy (non-hydrogen) atoms. The fraction of sp³-hybridized carbons (Fsp3) is 0.667. The monoisotopic (exact) mass is 310 g/mol. The molecule has 0 radical (unpaired) electrons. The number of nitrogens with zero attached hydrogens (tertiary/aromatic N) is 1. The van der Waals surface area contributed by atoms with Crippen molar-refractivity contribution in [2.75, 3.05) is 7.05 Å². The number of hydrogen-bond donors (Lipinski definition) is 1. The standard InChI is InChI=1S/C15H23BrN2/c1-11-3-5-13(6-4-11)15(17-2)8-12-7-14(16)10-18-9-12/h7,9-11,13,15,17H,3-6,8H2,1-2H3. The molecule has 1 unspecified atom stereocenters. The van der Waals surface area contributed by atoms with Crippen LogP contribution in [0.25, 0.3) is 0 Å².